The lowest BCUT2D eigenvalue weighted by Gasteiger charge is -2.46. The largest absolute Gasteiger partial charge is 0.573 e. The number of halogens is 3. The summed E-state index contributed by atoms with van der Waals surface area (Å²) in [5, 5.41) is 24.6. The molecule has 1 aromatic rings. The molecular formula is C23H33F3N6O2. The van der Waals surface area contributed by atoms with Crippen molar-refractivity contribution in [2.45, 2.75) is 64.0 Å². The quantitative estimate of drug-likeness (QED) is 0.232. The maximum atomic E-state index is 13.0. The van der Waals surface area contributed by atoms with Gasteiger partial charge in [0.2, 0.25) is 0 Å². The van der Waals surface area contributed by atoms with E-state index in [4.69, 9.17) is 22.6 Å². The summed E-state index contributed by atoms with van der Waals surface area (Å²) in [7, 11) is 0. The van der Waals surface area contributed by atoms with Crippen molar-refractivity contribution in [2.75, 3.05) is 0 Å². The van der Waals surface area contributed by atoms with E-state index < -0.39 is 17.9 Å². The Morgan fingerprint density at radius 2 is 1.76 bits per heavy atom. The normalized spacial score (nSPS) is 19.6. The van der Waals surface area contributed by atoms with Crippen molar-refractivity contribution in [3.8, 4) is 11.5 Å². The molecule has 0 radical (unpaired) electrons. The Labute approximate surface area is 197 Å². The monoisotopic (exact) mass is 482 g/mol. The number of hydrogen-bond acceptors (Lipinski definition) is 8. The van der Waals surface area contributed by atoms with Crippen LogP contribution in [0.5, 0.6) is 11.5 Å². The molecule has 0 aliphatic carbocycles. The van der Waals surface area contributed by atoms with E-state index in [-0.39, 0.29) is 45.3 Å². The van der Waals surface area contributed by atoms with Gasteiger partial charge in [0.1, 0.15) is 11.5 Å². The van der Waals surface area contributed by atoms with Gasteiger partial charge in [-0.05, 0) is 70.4 Å². The number of nitrogens with two attached hydrogens (primary N) is 3. The lowest BCUT2D eigenvalue weighted by molar-refractivity contribution is -0.274. The fourth-order valence-corrected chi connectivity index (χ4v) is 4.46. The molecule has 1 heterocycles. The number of nitrogens with one attached hydrogen (secondary N) is 3. The van der Waals surface area contributed by atoms with Crippen molar-refractivity contribution >= 4 is 17.5 Å². The first-order valence-corrected chi connectivity index (χ1v) is 10.6. The number of aromatic hydroxyl groups is 1. The molecule has 11 heteroatoms. The molecule has 0 unspecified atom stereocenters. The first-order chi connectivity index (χ1) is 15.6. The molecule has 0 atom stereocenters. The van der Waals surface area contributed by atoms with Gasteiger partial charge in [-0.15, -0.1) is 13.2 Å². The van der Waals surface area contributed by atoms with Crippen molar-refractivity contribution in [1.29, 1.82) is 5.41 Å². The minimum atomic E-state index is -5.04. The van der Waals surface area contributed by atoms with Crippen LogP contribution in [0.3, 0.4) is 0 Å². The summed E-state index contributed by atoms with van der Waals surface area (Å²) in [5.41, 5.74) is 16.9. The Hall–Kier alpha value is -3.34. The van der Waals surface area contributed by atoms with Crippen LogP contribution in [0.25, 0.3) is 11.3 Å². The van der Waals surface area contributed by atoms with E-state index in [0.717, 1.165) is 37.4 Å². The molecule has 0 saturated carbocycles. The summed E-state index contributed by atoms with van der Waals surface area (Å²) in [5.74, 6) is -1.04. The second-order valence-corrected chi connectivity index (χ2v) is 9.57. The van der Waals surface area contributed by atoms with Gasteiger partial charge in [0, 0.05) is 40.8 Å². The molecule has 0 bridgehead atoms. The summed E-state index contributed by atoms with van der Waals surface area (Å²) in [4.78, 5) is 0. The van der Waals surface area contributed by atoms with E-state index in [1.54, 1.807) is 0 Å². The number of rotatable bonds is 7. The van der Waals surface area contributed by atoms with E-state index in [1.807, 2.05) is 0 Å². The molecule has 1 aliphatic heterocycles. The molecule has 1 aromatic carbocycles. The third kappa shape index (κ3) is 7.34. The SMILES string of the molecule is CC1(C)CC(N/C(N)=C/C=C(\N)c2c(O)cc(/C(C=N)=C/N)cc2OC(F)(F)F)CC(C)(C)N1. The second-order valence-electron chi connectivity index (χ2n) is 9.57. The predicted octanol–water partition coefficient (Wildman–Crippen LogP) is 3.24. The third-order valence-corrected chi connectivity index (χ3v) is 5.27. The molecule has 8 nitrogen and oxygen atoms in total. The summed E-state index contributed by atoms with van der Waals surface area (Å²) < 4.78 is 43.1. The number of phenols is 1. The van der Waals surface area contributed by atoms with Gasteiger partial charge < -0.3 is 43.1 Å². The fourth-order valence-electron chi connectivity index (χ4n) is 4.46. The Kier molecular flexibility index (Phi) is 7.82. The minimum Gasteiger partial charge on any atom is -0.507 e. The average Bonchev–Trinajstić information content (AvgIpc) is 2.63. The molecule has 34 heavy (non-hydrogen) atoms. The van der Waals surface area contributed by atoms with Gasteiger partial charge >= 0.3 is 6.36 Å². The minimum absolute atomic E-state index is 0.0543. The summed E-state index contributed by atoms with van der Waals surface area (Å²) in [6, 6.07) is 2.21. The Bertz CT molecular complexity index is 997. The number of hydrogen-bond donors (Lipinski definition) is 7. The van der Waals surface area contributed by atoms with Crippen LogP contribution in [-0.2, 0) is 0 Å². The molecule has 0 aromatic heterocycles. The summed E-state index contributed by atoms with van der Waals surface area (Å²) >= 11 is 0. The van der Waals surface area contributed by atoms with Gasteiger partial charge in [-0.1, -0.05) is 0 Å². The number of ether oxygens (including phenoxy) is 1. The topological polar surface area (TPSA) is 155 Å². The standard InChI is InChI=1S/C23H33F3N6O2/c1-21(2)9-15(10-22(3,4)32-21)31-19(30)6-5-16(29)20-17(33)7-13(14(11-27)12-28)8-18(20)34-23(24,25)26/h5-8,11-12,15,27,31-33H,9-10,28-30H2,1-4H3/b14-12+,16-5-,19-6+,27-11?. The smallest absolute Gasteiger partial charge is 0.507 e. The van der Waals surface area contributed by atoms with E-state index in [9.17, 15) is 18.3 Å². The molecule has 0 amide bonds. The molecule has 0 spiro atoms. The number of benzene rings is 1. The van der Waals surface area contributed by atoms with E-state index >= 15 is 0 Å². The highest BCUT2D eigenvalue weighted by molar-refractivity contribution is 6.08. The third-order valence-electron chi connectivity index (χ3n) is 5.27. The van der Waals surface area contributed by atoms with Gasteiger partial charge in [0.05, 0.1) is 11.4 Å². The molecule has 1 aliphatic rings. The lowest BCUT2D eigenvalue weighted by Crippen LogP contribution is -2.61. The highest BCUT2D eigenvalue weighted by atomic mass is 19.4. The average molecular weight is 483 g/mol. The van der Waals surface area contributed by atoms with Crippen LogP contribution < -0.4 is 32.6 Å². The van der Waals surface area contributed by atoms with E-state index in [0.29, 0.717) is 0 Å². The molecular weight excluding hydrogens is 449 g/mol. The van der Waals surface area contributed by atoms with Gasteiger partial charge in [-0.25, -0.2) is 0 Å². The fraction of sp³-hybridized carbons (Fsp3) is 0.435. The first kappa shape index (κ1) is 26.9. The van der Waals surface area contributed by atoms with Crippen LogP contribution in [0.4, 0.5) is 13.2 Å². The summed E-state index contributed by atoms with van der Waals surface area (Å²) in [6.45, 7) is 8.38. The zero-order valence-corrected chi connectivity index (χ0v) is 19.7. The van der Waals surface area contributed by atoms with Crippen LogP contribution in [0, 0.1) is 5.41 Å². The van der Waals surface area contributed by atoms with Crippen molar-refractivity contribution in [2.24, 2.45) is 17.2 Å². The Morgan fingerprint density at radius 1 is 1.18 bits per heavy atom. The van der Waals surface area contributed by atoms with Crippen LogP contribution in [0.1, 0.15) is 51.7 Å². The molecule has 1 saturated heterocycles. The zero-order valence-electron chi connectivity index (χ0n) is 19.7. The van der Waals surface area contributed by atoms with Crippen LogP contribution in [-0.4, -0.2) is 34.8 Å². The zero-order chi connectivity index (χ0) is 25.9. The van der Waals surface area contributed by atoms with Crippen molar-refractivity contribution in [3.63, 3.8) is 0 Å². The van der Waals surface area contributed by atoms with Gasteiger partial charge in [0.25, 0.3) is 0 Å². The Morgan fingerprint density at radius 3 is 2.26 bits per heavy atom. The lowest BCUT2D eigenvalue weighted by atomic mass is 9.79. The molecule has 1 fully saturated rings. The van der Waals surface area contributed by atoms with Crippen molar-refractivity contribution in [1.82, 2.24) is 10.6 Å². The highest BCUT2D eigenvalue weighted by Gasteiger charge is 2.37. The van der Waals surface area contributed by atoms with Crippen LogP contribution >= 0.6 is 0 Å². The number of allylic oxidation sites excluding steroid dienone is 3. The van der Waals surface area contributed by atoms with E-state index in [1.165, 1.54) is 12.2 Å². The van der Waals surface area contributed by atoms with E-state index in [2.05, 4.69) is 43.1 Å². The number of phenolic OH excluding ortho intramolecular Hbond substituents is 1. The van der Waals surface area contributed by atoms with Crippen LogP contribution in [0.15, 0.2) is 36.3 Å². The predicted molar refractivity (Wildman–Crippen MR) is 128 cm³/mol. The van der Waals surface area contributed by atoms with Crippen molar-refractivity contribution < 1.29 is 23.0 Å². The van der Waals surface area contributed by atoms with Gasteiger partial charge in [-0.2, -0.15) is 0 Å². The second kappa shape index (κ2) is 9.88. The Balaban J connectivity index is 2.37. The first-order valence-electron chi connectivity index (χ1n) is 10.6. The highest BCUT2D eigenvalue weighted by Crippen LogP contribution is 2.38. The maximum absolute atomic E-state index is 13.0. The molecule has 188 valence electrons. The van der Waals surface area contributed by atoms with Gasteiger partial charge in [0.15, 0.2) is 0 Å². The van der Waals surface area contributed by atoms with Crippen LogP contribution in [0.2, 0.25) is 0 Å². The number of piperidine rings is 1. The van der Waals surface area contributed by atoms with Gasteiger partial charge in [-0.3, -0.25) is 0 Å². The molecule has 10 N–H and O–H groups in total. The molecule has 2 rings (SSSR count). The maximum Gasteiger partial charge on any atom is 0.573 e. The number of alkyl halides is 3. The van der Waals surface area contributed by atoms with Crippen molar-refractivity contribution in [3.05, 3.63) is 47.4 Å². The summed E-state index contributed by atoms with van der Waals surface area (Å²) in [6.07, 6.45) is 1.14.